The molecule has 0 aliphatic carbocycles. The summed E-state index contributed by atoms with van der Waals surface area (Å²) in [4.78, 5) is 16.4. The molecule has 0 saturated carbocycles. The lowest BCUT2D eigenvalue weighted by Crippen LogP contribution is -2.37. The lowest BCUT2D eigenvalue weighted by molar-refractivity contribution is -0.137. The molecule has 0 aliphatic rings. The highest BCUT2D eigenvalue weighted by Gasteiger charge is 2.31. The van der Waals surface area contributed by atoms with Crippen molar-refractivity contribution < 1.29 is 22.7 Å². The number of nitrogens with zero attached hydrogens (tertiary/aromatic N) is 1. The molecule has 28 heavy (non-hydrogen) atoms. The number of carbonyl (C=O) groups excluding carboxylic acids is 1. The van der Waals surface area contributed by atoms with Crippen LogP contribution >= 0.6 is 11.6 Å². The van der Waals surface area contributed by atoms with Crippen molar-refractivity contribution in [2.45, 2.75) is 52.6 Å². The number of ether oxygens (including phenoxy) is 1. The van der Waals surface area contributed by atoms with Gasteiger partial charge in [-0.15, -0.1) is 0 Å². The molecule has 0 unspecified atom stereocenters. The first-order chi connectivity index (χ1) is 13.2. The van der Waals surface area contributed by atoms with Crippen molar-refractivity contribution in [2.75, 3.05) is 18.6 Å². The van der Waals surface area contributed by atoms with Gasteiger partial charge in [-0.05, 0) is 37.5 Å². The highest BCUT2D eigenvalue weighted by Crippen LogP contribution is 2.33. The van der Waals surface area contributed by atoms with Gasteiger partial charge in [0.05, 0.1) is 22.9 Å². The van der Waals surface area contributed by atoms with E-state index in [4.69, 9.17) is 16.3 Å². The molecule has 0 spiro atoms. The SMILES string of the molecule is CCCC[C@H](CC)CN=C(NNc1cc(C(F)(F)F)ccc1Cl)C(=O)OCC. The van der Waals surface area contributed by atoms with Gasteiger partial charge in [-0.3, -0.25) is 15.8 Å². The lowest BCUT2D eigenvalue weighted by Gasteiger charge is -2.16. The first-order valence-electron chi connectivity index (χ1n) is 9.33. The summed E-state index contributed by atoms with van der Waals surface area (Å²) in [6.45, 7) is 6.37. The van der Waals surface area contributed by atoms with Crippen molar-refractivity contribution in [1.82, 2.24) is 5.43 Å². The van der Waals surface area contributed by atoms with Crippen LogP contribution < -0.4 is 10.9 Å². The Balaban J connectivity index is 2.93. The maximum atomic E-state index is 12.9. The summed E-state index contributed by atoms with van der Waals surface area (Å²) >= 11 is 5.95. The Kier molecular flexibility index (Phi) is 10.1. The van der Waals surface area contributed by atoms with Crippen molar-refractivity contribution >= 4 is 29.1 Å². The largest absolute Gasteiger partial charge is 0.460 e. The van der Waals surface area contributed by atoms with E-state index < -0.39 is 17.7 Å². The third-order valence-electron chi connectivity index (χ3n) is 4.13. The number of hydrazine groups is 1. The van der Waals surface area contributed by atoms with Crippen molar-refractivity contribution in [3.63, 3.8) is 0 Å². The predicted molar refractivity (Wildman–Crippen MR) is 105 cm³/mol. The van der Waals surface area contributed by atoms with Crippen LogP contribution in [0.2, 0.25) is 5.02 Å². The standard InChI is InChI=1S/C19H27ClF3N3O2/c1-4-7-8-13(5-2)12-24-17(18(27)28-6-3)26-25-16-11-14(19(21,22)23)9-10-15(16)20/h9-11,13,25H,4-8,12H2,1-3H3,(H,24,26)/t13-/m0/s1. The third kappa shape index (κ3) is 7.96. The molecule has 0 bridgehead atoms. The summed E-state index contributed by atoms with van der Waals surface area (Å²) in [6.07, 6.45) is -0.480. The van der Waals surface area contributed by atoms with Crippen LogP contribution in [0.25, 0.3) is 0 Å². The summed E-state index contributed by atoms with van der Waals surface area (Å²) in [6, 6.07) is 2.87. The average Bonchev–Trinajstić information content (AvgIpc) is 2.64. The number of aliphatic imine (C=N–C) groups is 1. The van der Waals surface area contributed by atoms with Gasteiger partial charge in [-0.25, -0.2) is 4.79 Å². The Labute approximate surface area is 168 Å². The molecule has 0 amide bonds. The molecule has 5 nitrogen and oxygen atoms in total. The molecule has 1 atom stereocenters. The van der Waals surface area contributed by atoms with Gasteiger partial charge in [0.2, 0.25) is 5.84 Å². The number of hydrogen-bond acceptors (Lipinski definition) is 4. The second-order valence-electron chi connectivity index (χ2n) is 6.27. The number of hydrogen-bond donors (Lipinski definition) is 2. The minimum absolute atomic E-state index is 0.0217. The quantitative estimate of drug-likeness (QED) is 0.241. The maximum Gasteiger partial charge on any atom is 0.416 e. The fourth-order valence-electron chi connectivity index (χ4n) is 2.42. The van der Waals surface area contributed by atoms with Crippen LogP contribution in [0.1, 0.15) is 52.0 Å². The van der Waals surface area contributed by atoms with Gasteiger partial charge in [-0.1, -0.05) is 44.7 Å². The number of esters is 1. The molecular weight excluding hydrogens is 395 g/mol. The molecule has 0 heterocycles. The van der Waals surface area contributed by atoms with Crippen LogP contribution in [-0.2, 0) is 15.7 Å². The van der Waals surface area contributed by atoms with Gasteiger partial charge < -0.3 is 4.74 Å². The van der Waals surface area contributed by atoms with E-state index in [9.17, 15) is 18.0 Å². The molecule has 2 N–H and O–H groups in total. The van der Waals surface area contributed by atoms with Gasteiger partial charge in [0.25, 0.3) is 0 Å². The van der Waals surface area contributed by atoms with Gasteiger partial charge in [0, 0.05) is 6.54 Å². The lowest BCUT2D eigenvalue weighted by atomic mass is 10.00. The van der Waals surface area contributed by atoms with E-state index in [0.29, 0.717) is 12.5 Å². The van der Waals surface area contributed by atoms with E-state index in [1.807, 2.05) is 6.92 Å². The fraction of sp³-hybridized carbons (Fsp3) is 0.579. The van der Waals surface area contributed by atoms with E-state index in [0.717, 1.165) is 43.9 Å². The van der Waals surface area contributed by atoms with Gasteiger partial charge >= 0.3 is 12.1 Å². The van der Waals surface area contributed by atoms with Crippen molar-refractivity contribution in [2.24, 2.45) is 10.9 Å². The molecule has 1 aromatic carbocycles. The second kappa shape index (κ2) is 11.8. The van der Waals surface area contributed by atoms with Gasteiger partial charge in [0.1, 0.15) is 0 Å². The molecule has 0 saturated heterocycles. The molecule has 0 aromatic heterocycles. The molecular formula is C19H27ClF3N3O2. The Morgan fingerprint density at radius 2 is 2.00 bits per heavy atom. The Morgan fingerprint density at radius 1 is 1.29 bits per heavy atom. The first kappa shape index (κ1) is 24.1. The molecule has 1 rings (SSSR count). The highest BCUT2D eigenvalue weighted by atomic mass is 35.5. The van der Waals surface area contributed by atoms with Gasteiger partial charge in [-0.2, -0.15) is 13.2 Å². The summed E-state index contributed by atoms with van der Waals surface area (Å²) in [5.74, 6) is -0.489. The van der Waals surface area contributed by atoms with E-state index in [2.05, 4.69) is 22.8 Å². The normalized spacial score (nSPS) is 13.2. The summed E-state index contributed by atoms with van der Waals surface area (Å²) in [7, 11) is 0. The number of carbonyl (C=O) groups is 1. The Hall–Kier alpha value is -1.96. The molecule has 9 heteroatoms. The number of unbranched alkanes of at least 4 members (excludes halogenated alkanes) is 1. The van der Waals surface area contributed by atoms with Crippen molar-refractivity contribution in [3.05, 3.63) is 28.8 Å². The van der Waals surface area contributed by atoms with E-state index in [1.54, 1.807) is 6.92 Å². The number of halogens is 4. The molecule has 158 valence electrons. The van der Waals surface area contributed by atoms with Crippen LogP contribution in [0.4, 0.5) is 18.9 Å². The van der Waals surface area contributed by atoms with Crippen LogP contribution in [0.15, 0.2) is 23.2 Å². The van der Waals surface area contributed by atoms with E-state index >= 15 is 0 Å². The number of alkyl halides is 3. The third-order valence-corrected chi connectivity index (χ3v) is 4.46. The second-order valence-corrected chi connectivity index (χ2v) is 6.68. The van der Waals surface area contributed by atoms with Gasteiger partial charge in [0.15, 0.2) is 0 Å². The zero-order valence-electron chi connectivity index (χ0n) is 16.3. The Morgan fingerprint density at radius 3 is 2.57 bits per heavy atom. The smallest absolute Gasteiger partial charge is 0.416 e. The maximum absolute atomic E-state index is 12.9. The number of benzene rings is 1. The summed E-state index contributed by atoms with van der Waals surface area (Å²) < 4.78 is 43.6. The molecule has 0 fully saturated rings. The van der Waals surface area contributed by atoms with Crippen LogP contribution in [-0.4, -0.2) is 25.0 Å². The average molecular weight is 422 g/mol. The minimum atomic E-state index is -4.51. The number of nitrogens with one attached hydrogen (secondary N) is 2. The van der Waals surface area contributed by atoms with Crippen molar-refractivity contribution in [1.29, 1.82) is 0 Å². The zero-order valence-corrected chi connectivity index (χ0v) is 17.1. The van der Waals surface area contributed by atoms with Crippen molar-refractivity contribution in [3.8, 4) is 0 Å². The number of amidine groups is 1. The highest BCUT2D eigenvalue weighted by molar-refractivity contribution is 6.36. The monoisotopic (exact) mass is 421 g/mol. The van der Waals surface area contributed by atoms with Crippen LogP contribution in [0.3, 0.4) is 0 Å². The topological polar surface area (TPSA) is 62.7 Å². The predicted octanol–water partition coefficient (Wildman–Crippen LogP) is 5.45. The Bertz CT molecular complexity index is 666. The number of anilines is 1. The molecule has 1 aromatic rings. The summed E-state index contributed by atoms with van der Waals surface area (Å²) in [5.41, 5.74) is 4.20. The number of rotatable bonds is 9. The minimum Gasteiger partial charge on any atom is -0.460 e. The summed E-state index contributed by atoms with van der Waals surface area (Å²) in [5, 5.41) is 0.0677. The van der Waals surface area contributed by atoms with Crippen LogP contribution in [0.5, 0.6) is 0 Å². The zero-order chi connectivity index (χ0) is 21.2. The van der Waals surface area contributed by atoms with E-state index in [-0.39, 0.29) is 23.2 Å². The first-order valence-corrected chi connectivity index (χ1v) is 9.70. The van der Waals surface area contributed by atoms with E-state index in [1.165, 1.54) is 0 Å². The fourth-order valence-corrected chi connectivity index (χ4v) is 2.58. The molecule has 0 radical (unpaired) electrons. The molecule has 0 aliphatic heterocycles. The van der Waals surface area contributed by atoms with Crippen LogP contribution in [0, 0.1) is 5.92 Å².